The number of quaternary nitrogens is 1. The largest absolute Gasteiger partial charge is 0.550 e. The molecule has 0 aromatic heterocycles. The van der Waals surface area contributed by atoms with Gasteiger partial charge in [-0.15, -0.1) is 0 Å². The van der Waals surface area contributed by atoms with E-state index in [-0.39, 0.29) is 29.5 Å². The molecule has 0 aliphatic heterocycles. The number of rotatable bonds is 4. The van der Waals surface area contributed by atoms with Crippen LogP contribution in [0, 0.1) is 0 Å². The minimum Gasteiger partial charge on any atom is -0.550 e. The third-order valence-corrected chi connectivity index (χ3v) is 1.16. The first-order chi connectivity index (χ1) is 4.81. The SMILES string of the molecule is C[N+](C)(C)CC(O)CC(=O)[O-].[MgH2]. The molecule has 0 aromatic rings. The molecular formula is C7H17MgNO3. The lowest BCUT2D eigenvalue weighted by atomic mass is 10.2. The number of nitrogens with zero attached hydrogens (tertiary/aromatic N) is 1. The summed E-state index contributed by atoms with van der Waals surface area (Å²) in [6, 6.07) is 0. The fourth-order valence-electron chi connectivity index (χ4n) is 0.889. The molecule has 0 bridgehead atoms. The molecule has 1 unspecified atom stereocenters. The van der Waals surface area contributed by atoms with Crippen molar-refractivity contribution >= 4 is 29.0 Å². The maximum Gasteiger partial charge on any atom is 0.316 e. The molecule has 0 aromatic carbocycles. The number of aliphatic hydroxyl groups is 1. The third-order valence-electron chi connectivity index (χ3n) is 1.16. The van der Waals surface area contributed by atoms with E-state index in [4.69, 9.17) is 5.11 Å². The Hall–Kier alpha value is 0.156. The lowest BCUT2D eigenvalue weighted by molar-refractivity contribution is -0.873. The van der Waals surface area contributed by atoms with Crippen LogP contribution >= 0.6 is 0 Å². The van der Waals surface area contributed by atoms with Crippen molar-refractivity contribution in [2.75, 3.05) is 27.7 Å². The number of carboxylic acids is 1. The lowest BCUT2D eigenvalue weighted by Gasteiger charge is -2.26. The molecule has 0 rings (SSSR count). The molecule has 0 fully saturated rings. The Balaban J connectivity index is 0. The van der Waals surface area contributed by atoms with Gasteiger partial charge in [0.1, 0.15) is 12.6 Å². The second kappa shape index (κ2) is 5.74. The number of carboxylic acid groups (broad SMARTS) is 1. The highest BCUT2D eigenvalue weighted by Gasteiger charge is 2.14. The van der Waals surface area contributed by atoms with E-state index < -0.39 is 12.1 Å². The molecule has 1 atom stereocenters. The number of hydrogen-bond acceptors (Lipinski definition) is 3. The lowest BCUT2D eigenvalue weighted by Crippen LogP contribution is -2.43. The van der Waals surface area contributed by atoms with E-state index in [1.807, 2.05) is 21.1 Å². The van der Waals surface area contributed by atoms with Crippen molar-refractivity contribution in [1.82, 2.24) is 0 Å². The highest BCUT2D eigenvalue weighted by Crippen LogP contribution is 1.97. The van der Waals surface area contributed by atoms with Crippen LogP contribution in [0.2, 0.25) is 0 Å². The van der Waals surface area contributed by atoms with Crippen LogP contribution in [0.1, 0.15) is 6.42 Å². The van der Waals surface area contributed by atoms with Crippen LogP contribution < -0.4 is 5.11 Å². The zero-order chi connectivity index (χ0) is 9.07. The molecule has 5 heteroatoms. The van der Waals surface area contributed by atoms with Gasteiger partial charge in [0.05, 0.1) is 21.1 Å². The van der Waals surface area contributed by atoms with Gasteiger partial charge in [-0.3, -0.25) is 0 Å². The number of aliphatic carboxylic acids is 1. The molecule has 0 saturated heterocycles. The van der Waals surface area contributed by atoms with E-state index in [2.05, 4.69) is 0 Å². The molecule has 0 spiro atoms. The molecule has 70 valence electrons. The van der Waals surface area contributed by atoms with Crippen molar-refractivity contribution in [1.29, 1.82) is 0 Å². The van der Waals surface area contributed by atoms with Gasteiger partial charge in [-0.1, -0.05) is 0 Å². The third kappa shape index (κ3) is 10.2. The molecule has 0 heterocycles. The Bertz CT molecular complexity index is 144. The van der Waals surface area contributed by atoms with E-state index in [0.717, 1.165) is 0 Å². The molecule has 0 amide bonds. The first-order valence-electron chi connectivity index (χ1n) is 3.49. The first kappa shape index (κ1) is 14.7. The summed E-state index contributed by atoms with van der Waals surface area (Å²) >= 11 is 0. The zero-order valence-electron chi connectivity index (χ0n) is 7.20. The predicted molar refractivity (Wildman–Crippen MR) is 47.1 cm³/mol. The maximum absolute atomic E-state index is 10.0. The van der Waals surface area contributed by atoms with Crippen LogP contribution in [0.25, 0.3) is 0 Å². The van der Waals surface area contributed by atoms with E-state index >= 15 is 0 Å². The van der Waals surface area contributed by atoms with Gasteiger partial charge in [0.15, 0.2) is 0 Å². The van der Waals surface area contributed by atoms with Crippen molar-refractivity contribution < 1.29 is 19.5 Å². The van der Waals surface area contributed by atoms with Gasteiger partial charge >= 0.3 is 23.1 Å². The van der Waals surface area contributed by atoms with Gasteiger partial charge in [-0.25, -0.2) is 0 Å². The van der Waals surface area contributed by atoms with Crippen molar-refractivity contribution in [3.8, 4) is 0 Å². The van der Waals surface area contributed by atoms with Gasteiger partial charge in [0.2, 0.25) is 0 Å². The molecule has 4 nitrogen and oxygen atoms in total. The molecule has 0 aliphatic rings. The Morgan fingerprint density at radius 1 is 1.50 bits per heavy atom. The van der Waals surface area contributed by atoms with Gasteiger partial charge in [-0.05, 0) is 0 Å². The Labute approximate surface area is 88.9 Å². The minimum absolute atomic E-state index is 0. The monoisotopic (exact) mass is 187 g/mol. The quantitative estimate of drug-likeness (QED) is 0.384. The second-order valence-corrected chi connectivity index (χ2v) is 3.70. The fraction of sp³-hybridized carbons (Fsp3) is 0.857. The topological polar surface area (TPSA) is 60.4 Å². The molecule has 12 heavy (non-hydrogen) atoms. The number of carbonyl (C=O) groups excluding carboxylic acids is 1. The van der Waals surface area contributed by atoms with E-state index in [1.165, 1.54) is 0 Å². The number of hydrogen-bond donors (Lipinski definition) is 1. The highest BCUT2D eigenvalue weighted by molar-refractivity contribution is 5.75. The van der Waals surface area contributed by atoms with Crippen LogP contribution in [-0.4, -0.2) is 72.4 Å². The van der Waals surface area contributed by atoms with Crippen LogP contribution in [0.3, 0.4) is 0 Å². The molecule has 0 aliphatic carbocycles. The van der Waals surface area contributed by atoms with Crippen molar-refractivity contribution in [2.45, 2.75) is 12.5 Å². The van der Waals surface area contributed by atoms with E-state index in [0.29, 0.717) is 11.0 Å². The van der Waals surface area contributed by atoms with Crippen LogP contribution in [0.5, 0.6) is 0 Å². The number of likely N-dealkylation sites (N-methyl/N-ethyl adjacent to an activating group) is 1. The standard InChI is InChI=1S/C7H15NO3.Mg.2H/c1-8(2,3)5-6(9)4-7(10)11;;;/h6,9H,4-5H2,1-3H3;;;. The normalized spacial score (nSPS) is 13.3. The first-order valence-corrected chi connectivity index (χ1v) is 3.49. The maximum atomic E-state index is 10.0. The van der Waals surface area contributed by atoms with E-state index in [9.17, 15) is 9.90 Å². The van der Waals surface area contributed by atoms with Gasteiger partial charge in [0.25, 0.3) is 0 Å². The Morgan fingerprint density at radius 2 is 1.92 bits per heavy atom. The summed E-state index contributed by atoms with van der Waals surface area (Å²) in [7, 11) is 5.66. The summed E-state index contributed by atoms with van der Waals surface area (Å²) in [5.41, 5.74) is 0. The fourth-order valence-corrected chi connectivity index (χ4v) is 0.889. The molecular weight excluding hydrogens is 170 g/mol. The number of aliphatic hydroxyl groups excluding tert-OH is 1. The summed E-state index contributed by atoms with van der Waals surface area (Å²) in [5.74, 6) is -1.20. The van der Waals surface area contributed by atoms with Crippen molar-refractivity contribution in [3.05, 3.63) is 0 Å². The van der Waals surface area contributed by atoms with Crippen LogP contribution in [0.4, 0.5) is 0 Å². The van der Waals surface area contributed by atoms with Crippen LogP contribution in [0.15, 0.2) is 0 Å². The zero-order valence-corrected chi connectivity index (χ0v) is 7.20. The molecule has 1 N–H and O–H groups in total. The Morgan fingerprint density at radius 3 is 2.17 bits per heavy atom. The summed E-state index contributed by atoms with van der Waals surface area (Å²) in [6.07, 6.45) is -1.09. The van der Waals surface area contributed by atoms with Gasteiger partial charge < -0.3 is 19.5 Å². The van der Waals surface area contributed by atoms with Crippen LogP contribution in [-0.2, 0) is 4.79 Å². The summed E-state index contributed by atoms with van der Waals surface area (Å²) in [4.78, 5) is 10.0. The van der Waals surface area contributed by atoms with Crippen molar-refractivity contribution in [2.24, 2.45) is 0 Å². The smallest absolute Gasteiger partial charge is 0.316 e. The highest BCUT2D eigenvalue weighted by atomic mass is 24.3. The predicted octanol–water partition coefficient (Wildman–Crippen LogP) is -2.72. The van der Waals surface area contributed by atoms with Gasteiger partial charge in [0, 0.05) is 12.4 Å². The Kier molecular flexibility index (Phi) is 7.02. The van der Waals surface area contributed by atoms with Crippen molar-refractivity contribution in [3.63, 3.8) is 0 Å². The van der Waals surface area contributed by atoms with E-state index in [1.54, 1.807) is 0 Å². The average molecular weight is 188 g/mol. The minimum atomic E-state index is -1.20. The van der Waals surface area contributed by atoms with Gasteiger partial charge in [-0.2, -0.15) is 0 Å². The number of carbonyl (C=O) groups is 1. The summed E-state index contributed by atoms with van der Waals surface area (Å²) in [5, 5.41) is 19.1. The average Bonchev–Trinajstić information content (AvgIpc) is 1.53. The molecule has 0 radical (unpaired) electrons. The second-order valence-electron chi connectivity index (χ2n) is 3.70. The summed E-state index contributed by atoms with van der Waals surface area (Å²) < 4.78 is 0.550. The summed E-state index contributed by atoms with van der Waals surface area (Å²) in [6.45, 7) is 0.425. The molecule has 0 saturated carbocycles.